The van der Waals surface area contributed by atoms with Gasteiger partial charge in [0.15, 0.2) is 0 Å². The number of anilines is 1. The van der Waals surface area contributed by atoms with Crippen LogP contribution in [0.5, 0.6) is 0 Å². The molecule has 28 heavy (non-hydrogen) atoms. The number of H-pyrrole nitrogens is 1. The standard InChI is InChI=1S/C20H27BN6O/c1-14(2)27(21(3)28)16-5-4-8-26(12-16)18-6-7-24-20-19(18)17(11-25-20)15-9-22-13-23-10-15/h6-7,9-11,13-14,16,28H,4-5,8,12H2,1-3H3,(H,24,25)/t16-/m0/s1. The molecule has 0 radical (unpaired) electrons. The zero-order valence-corrected chi connectivity index (χ0v) is 16.7. The summed E-state index contributed by atoms with van der Waals surface area (Å²) in [5.41, 5.74) is 4.08. The van der Waals surface area contributed by atoms with Crippen LogP contribution >= 0.6 is 0 Å². The molecule has 8 heteroatoms. The minimum atomic E-state index is -0.452. The Bertz CT molecular complexity index is 921. The van der Waals surface area contributed by atoms with Gasteiger partial charge in [-0.2, -0.15) is 0 Å². The van der Waals surface area contributed by atoms with Crippen LogP contribution in [0.1, 0.15) is 26.7 Å². The first-order chi connectivity index (χ1) is 13.6. The number of nitrogens with one attached hydrogen (secondary N) is 1. The Hall–Kier alpha value is -2.45. The summed E-state index contributed by atoms with van der Waals surface area (Å²) in [5, 5.41) is 11.4. The summed E-state index contributed by atoms with van der Waals surface area (Å²) in [6.07, 6.45) is 11.2. The quantitative estimate of drug-likeness (QED) is 0.665. The van der Waals surface area contributed by atoms with Gasteiger partial charge in [-0.05, 0) is 31.8 Å². The van der Waals surface area contributed by atoms with Crippen molar-refractivity contribution in [3.05, 3.63) is 37.2 Å². The van der Waals surface area contributed by atoms with E-state index in [1.807, 2.05) is 31.6 Å². The molecule has 3 aromatic heterocycles. The van der Waals surface area contributed by atoms with Crippen molar-refractivity contribution >= 4 is 23.8 Å². The van der Waals surface area contributed by atoms with Gasteiger partial charge < -0.3 is 19.7 Å². The van der Waals surface area contributed by atoms with Crippen molar-refractivity contribution in [2.24, 2.45) is 0 Å². The molecule has 0 aromatic carbocycles. The number of pyridine rings is 1. The van der Waals surface area contributed by atoms with Crippen LogP contribution in [0.3, 0.4) is 0 Å². The Morgan fingerprint density at radius 2 is 2.11 bits per heavy atom. The van der Waals surface area contributed by atoms with Crippen molar-refractivity contribution in [2.45, 2.75) is 45.6 Å². The summed E-state index contributed by atoms with van der Waals surface area (Å²) in [6, 6.07) is 2.71. The number of hydrogen-bond acceptors (Lipinski definition) is 6. The average Bonchev–Trinajstić information content (AvgIpc) is 3.12. The molecule has 0 spiro atoms. The second kappa shape index (κ2) is 7.89. The number of aromatic amines is 1. The molecule has 1 aliphatic rings. The van der Waals surface area contributed by atoms with E-state index in [1.54, 1.807) is 6.33 Å². The Morgan fingerprint density at radius 1 is 1.32 bits per heavy atom. The molecule has 4 heterocycles. The van der Waals surface area contributed by atoms with Crippen molar-refractivity contribution in [2.75, 3.05) is 18.0 Å². The van der Waals surface area contributed by atoms with Gasteiger partial charge in [-0.15, -0.1) is 0 Å². The van der Waals surface area contributed by atoms with Gasteiger partial charge in [-0.1, -0.05) is 13.8 Å². The van der Waals surface area contributed by atoms with Gasteiger partial charge in [-0.25, -0.2) is 15.0 Å². The first-order valence-electron chi connectivity index (χ1n) is 9.98. The second-order valence-corrected chi connectivity index (χ2v) is 7.80. The minimum absolute atomic E-state index is 0.298. The molecule has 3 aromatic rings. The molecule has 1 atom stereocenters. The zero-order valence-electron chi connectivity index (χ0n) is 16.7. The van der Waals surface area contributed by atoms with E-state index >= 15 is 0 Å². The normalized spacial score (nSPS) is 17.6. The van der Waals surface area contributed by atoms with Crippen molar-refractivity contribution in [1.29, 1.82) is 0 Å². The van der Waals surface area contributed by atoms with Crippen LogP contribution in [0.2, 0.25) is 6.82 Å². The highest BCUT2D eigenvalue weighted by Gasteiger charge is 2.32. The number of hydrogen-bond donors (Lipinski definition) is 2. The number of fused-ring (bicyclic) bond motifs is 1. The van der Waals surface area contributed by atoms with Crippen LogP contribution in [0, 0.1) is 0 Å². The minimum Gasteiger partial charge on any atom is -0.437 e. The van der Waals surface area contributed by atoms with Crippen LogP contribution in [-0.2, 0) is 0 Å². The maximum absolute atomic E-state index is 10.3. The highest BCUT2D eigenvalue weighted by molar-refractivity contribution is 6.45. The highest BCUT2D eigenvalue weighted by Crippen LogP contribution is 2.36. The molecule has 1 aliphatic heterocycles. The molecule has 7 nitrogen and oxygen atoms in total. The van der Waals surface area contributed by atoms with Crippen LogP contribution in [0.15, 0.2) is 37.2 Å². The van der Waals surface area contributed by atoms with Gasteiger partial charge in [-0.3, -0.25) is 0 Å². The van der Waals surface area contributed by atoms with E-state index in [2.05, 4.69) is 49.6 Å². The van der Waals surface area contributed by atoms with Crippen LogP contribution in [-0.4, -0.2) is 62.0 Å². The van der Waals surface area contributed by atoms with E-state index in [0.29, 0.717) is 12.1 Å². The number of rotatable bonds is 5. The van der Waals surface area contributed by atoms with Crippen LogP contribution in [0.25, 0.3) is 22.2 Å². The number of piperidine rings is 1. The molecule has 0 amide bonds. The number of nitrogens with zero attached hydrogens (tertiary/aromatic N) is 5. The number of aromatic nitrogens is 4. The van der Waals surface area contributed by atoms with Crippen molar-refractivity contribution in [1.82, 2.24) is 24.7 Å². The molecule has 2 N–H and O–H groups in total. The fraction of sp³-hybridized carbons (Fsp3) is 0.450. The molecule has 0 bridgehead atoms. The molecule has 0 unspecified atom stereocenters. The van der Waals surface area contributed by atoms with Gasteiger partial charge >= 0.3 is 7.05 Å². The van der Waals surface area contributed by atoms with Crippen molar-refractivity contribution in [3.63, 3.8) is 0 Å². The predicted octanol–water partition coefficient (Wildman–Crippen LogP) is 2.81. The van der Waals surface area contributed by atoms with Crippen molar-refractivity contribution < 1.29 is 5.02 Å². The maximum Gasteiger partial charge on any atom is 0.376 e. The van der Waals surface area contributed by atoms with E-state index in [1.165, 1.54) is 5.69 Å². The Labute approximate surface area is 166 Å². The monoisotopic (exact) mass is 378 g/mol. The summed E-state index contributed by atoms with van der Waals surface area (Å²) >= 11 is 0. The van der Waals surface area contributed by atoms with Crippen LogP contribution in [0.4, 0.5) is 5.69 Å². The van der Waals surface area contributed by atoms with Gasteiger partial charge in [0.25, 0.3) is 0 Å². The largest absolute Gasteiger partial charge is 0.437 e. The Morgan fingerprint density at radius 3 is 2.82 bits per heavy atom. The molecule has 0 saturated carbocycles. The third kappa shape index (κ3) is 3.49. The first kappa shape index (κ1) is 18.9. The molecule has 146 valence electrons. The molecule has 0 aliphatic carbocycles. The zero-order chi connectivity index (χ0) is 19.7. The first-order valence-corrected chi connectivity index (χ1v) is 9.98. The molecule has 1 fully saturated rings. The lowest BCUT2D eigenvalue weighted by atomic mass is 9.79. The van der Waals surface area contributed by atoms with Gasteiger partial charge in [0, 0.05) is 60.7 Å². The van der Waals surface area contributed by atoms with Gasteiger partial charge in [0.1, 0.15) is 12.0 Å². The summed E-state index contributed by atoms with van der Waals surface area (Å²) in [5.74, 6) is 0. The van der Waals surface area contributed by atoms with E-state index in [4.69, 9.17) is 0 Å². The topological polar surface area (TPSA) is 81.2 Å². The molecule has 4 rings (SSSR count). The SMILES string of the molecule is CB(O)N(C(C)C)[C@H]1CCCN(c2ccnc3[nH]cc(-c4cncnc4)c23)C1. The van der Waals surface area contributed by atoms with E-state index < -0.39 is 7.05 Å². The third-order valence-corrected chi connectivity index (χ3v) is 5.61. The highest BCUT2D eigenvalue weighted by atomic mass is 16.2. The van der Waals surface area contributed by atoms with Gasteiger partial charge in [0.05, 0.1) is 5.39 Å². The lowest BCUT2D eigenvalue weighted by Gasteiger charge is -2.43. The Kier molecular flexibility index (Phi) is 5.32. The smallest absolute Gasteiger partial charge is 0.376 e. The third-order valence-electron chi connectivity index (χ3n) is 5.61. The summed E-state index contributed by atoms with van der Waals surface area (Å²) in [4.78, 5) is 20.8. The summed E-state index contributed by atoms with van der Waals surface area (Å²) < 4.78 is 0. The molecular weight excluding hydrogens is 351 g/mol. The average molecular weight is 378 g/mol. The van der Waals surface area contributed by atoms with Gasteiger partial charge in [0.2, 0.25) is 0 Å². The Balaban J connectivity index is 1.72. The lowest BCUT2D eigenvalue weighted by molar-refractivity contribution is 0.216. The van der Waals surface area contributed by atoms with E-state index in [9.17, 15) is 5.02 Å². The van der Waals surface area contributed by atoms with Crippen molar-refractivity contribution in [3.8, 4) is 11.1 Å². The maximum atomic E-state index is 10.3. The lowest BCUT2D eigenvalue weighted by Crippen LogP contribution is -2.55. The summed E-state index contributed by atoms with van der Waals surface area (Å²) in [7, 11) is -0.452. The fourth-order valence-electron chi connectivity index (χ4n) is 4.54. The molecular formula is C20H27BN6O. The fourth-order valence-corrected chi connectivity index (χ4v) is 4.54. The predicted molar refractivity (Wildman–Crippen MR) is 113 cm³/mol. The summed E-state index contributed by atoms with van der Waals surface area (Å²) in [6.45, 7) is 8.05. The van der Waals surface area contributed by atoms with Crippen LogP contribution < -0.4 is 4.90 Å². The second-order valence-electron chi connectivity index (χ2n) is 7.80. The van der Waals surface area contributed by atoms with E-state index in [-0.39, 0.29) is 0 Å². The van der Waals surface area contributed by atoms with E-state index in [0.717, 1.165) is 48.1 Å². The molecule has 1 saturated heterocycles.